The Morgan fingerprint density at radius 1 is 1.12 bits per heavy atom. The molecule has 0 aliphatic rings. The van der Waals surface area contributed by atoms with Gasteiger partial charge < -0.3 is 15.3 Å². The van der Waals surface area contributed by atoms with Crippen LogP contribution in [-0.4, -0.2) is 33.0 Å². The fourth-order valence-corrected chi connectivity index (χ4v) is 1.69. The van der Waals surface area contributed by atoms with Crippen molar-refractivity contribution in [1.82, 2.24) is 4.98 Å². The van der Waals surface area contributed by atoms with Crippen LogP contribution in [0.2, 0.25) is 0 Å². The predicted octanol–water partition coefficient (Wildman–Crippen LogP) is 0.621. The van der Waals surface area contributed by atoms with Crippen molar-refractivity contribution in [2.45, 2.75) is 12.2 Å². The van der Waals surface area contributed by atoms with Gasteiger partial charge in [0, 0.05) is 11.6 Å². The van der Waals surface area contributed by atoms with Crippen LogP contribution in [0, 0.1) is 0 Å². The van der Waals surface area contributed by atoms with Crippen LogP contribution in [0.1, 0.15) is 11.7 Å². The summed E-state index contributed by atoms with van der Waals surface area (Å²) in [6, 6.07) is 8.90. The average Bonchev–Trinajstić information content (AvgIpc) is 2.36. The van der Waals surface area contributed by atoms with Crippen molar-refractivity contribution in [3.8, 4) is 0 Å². The van der Waals surface area contributed by atoms with Gasteiger partial charge in [0.1, 0.15) is 12.2 Å². The Morgan fingerprint density at radius 3 is 2.69 bits per heavy atom. The second-order valence-electron chi connectivity index (χ2n) is 3.61. The van der Waals surface area contributed by atoms with E-state index < -0.39 is 18.8 Å². The van der Waals surface area contributed by atoms with Gasteiger partial charge in [-0.1, -0.05) is 18.2 Å². The molecule has 2 atom stereocenters. The largest absolute Gasteiger partial charge is 0.394 e. The van der Waals surface area contributed by atoms with E-state index in [0.29, 0.717) is 5.56 Å². The predicted molar refractivity (Wildman–Crippen MR) is 59.8 cm³/mol. The summed E-state index contributed by atoms with van der Waals surface area (Å²) in [5.41, 5.74) is 1.33. The molecule has 0 aliphatic carbocycles. The third-order valence-corrected chi connectivity index (χ3v) is 2.55. The normalized spacial score (nSPS) is 14.9. The second-order valence-corrected chi connectivity index (χ2v) is 3.61. The number of rotatable bonds is 3. The van der Waals surface area contributed by atoms with Gasteiger partial charge in [-0.05, 0) is 17.7 Å². The van der Waals surface area contributed by atoms with Gasteiger partial charge in [-0.25, -0.2) is 0 Å². The molecular formula is C12H13NO3. The van der Waals surface area contributed by atoms with Crippen molar-refractivity contribution >= 4 is 10.9 Å². The first kappa shape index (κ1) is 11.0. The van der Waals surface area contributed by atoms with Crippen molar-refractivity contribution in [3.63, 3.8) is 0 Å². The molecule has 1 aromatic heterocycles. The molecule has 0 aliphatic heterocycles. The Morgan fingerprint density at radius 2 is 1.94 bits per heavy atom. The molecule has 0 bridgehead atoms. The molecule has 16 heavy (non-hydrogen) atoms. The first-order chi connectivity index (χ1) is 7.74. The quantitative estimate of drug-likeness (QED) is 0.707. The van der Waals surface area contributed by atoms with Crippen molar-refractivity contribution in [3.05, 3.63) is 42.1 Å². The highest BCUT2D eigenvalue weighted by molar-refractivity contribution is 5.82. The summed E-state index contributed by atoms with van der Waals surface area (Å²) in [4.78, 5) is 4.15. The van der Waals surface area contributed by atoms with E-state index in [4.69, 9.17) is 5.11 Å². The number of hydrogen-bond donors (Lipinski definition) is 3. The molecule has 4 nitrogen and oxygen atoms in total. The molecule has 0 spiro atoms. The maximum Gasteiger partial charge on any atom is 0.108 e. The van der Waals surface area contributed by atoms with Crippen LogP contribution >= 0.6 is 0 Å². The van der Waals surface area contributed by atoms with E-state index in [1.54, 1.807) is 24.4 Å². The van der Waals surface area contributed by atoms with E-state index in [0.717, 1.165) is 10.9 Å². The van der Waals surface area contributed by atoms with Gasteiger partial charge in [-0.3, -0.25) is 4.98 Å². The van der Waals surface area contributed by atoms with Crippen LogP contribution < -0.4 is 0 Å². The Bertz CT molecular complexity index is 481. The number of hydrogen-bond acceptors (Lipinski definition) is 4. The van der Waals surface area contributed by atoms with Crippen molar-refractivity contribution in [2.24, 2.45) is 0 Å². The fraction of sp³-hybridized carbons (Fsp3) is 0.250. The topological polar surface area (TPSA) is 73.6 Å². The zero-order valence-electron chi connectivity index (χ0n) is 8.61. The summed E-state index contributed by atoms with van der Waals surface area (Å²) in [5, 5.41) is 28.9. The molecule has 4 heteroatoms. The van der Waals surface area contributed by atoms with E-state index in [1.165, 1.54) is 0 Å². The van der Waals surface area contributed by atoms with Gasteiger partial charge in [0.25, 0.3) is 0 Å². The summed E-state index contributed by atoms with van der Waals surface area (Å²) >= 11 is 0. The van der Waals surface area contributed by atoms with E-state index >= 15 is 0 Å². The lowest BCUT2D eigenvalue weighted by Gasteiger charge is -2.17. The molecule has 0 radical (unpaired) electrons. The second kappa shape index (κ2) is 4.57. The van der Waals surface area contributed by atoms with E-state index in [2.05, 4.69) is 4.98 Å². The molecule has 1 aromatic carbocycles. The van der Waals surface area contributed by atoms with Crippen LogP contribution in [0.25, 0.3) is 10.9 Å². The molecule has 0 amide bonds. The van der Waals surface area contributed by atoms with Gasteiger partial charge >= 0.3 is 0 Å². The molecule has 0 saturated heterocycles. The first-order valence-electron chi connectivity index (χ1n) is 5.04. The van der Waals surface area contributed by atoms with E-state index in [1.807, 2.05) is 12.1 Å². The Balaban J connectivity index is 2.52. The lowest BCUT2D eigenvalue weighted by molar-refractivity contribution is -0.0145. The smallest absolute Gasteiger partial charge is 0.108 e. The van der Waals surface area contributed by atoms with Crippen LogP contribution in [0.4, 0.5) is 0 Å². The minimum absolute atomic E-state index is 0.474. The Labute approximate surface area is 92.8 Å². The van der Waals surface area contributed by atoms with Crippen LogP contribution in [0.3, 0.4) is 0 Å². The number of aromatic nitrogens is 1. The van der Waals surface area contributed by atoms with E-state index in [9.17, 15) is 10.2 Å². The van der Waals surface area contributed by atoms with Crippen molar-refractivity contribution in [1.29, 1.82) is 0 Å². The van der Waals surface area contributed by atoms with Gasteiger partial charge in [0.05, 0.1) is 12.1 Å². The third-order valence-electron chi connectivity index (χ3n) is 2.55. The number of benzene rings is 1. The number of fused-ring (bicyclic) bond motifs is 1. The van der Waals surface area contributed by atoms with Crippen molar-refractivity contribution < 1.29 is 15.3 Å². The van der Waals surface area contributed by atoms with Crippen LogP contribution in [0.15, 0.2) is 36.5 Å². The first-order valence-corrected chi connectivity index (χ1v) is 5.04. The van der Waals surface area contributed by atoms with Gasteiger partial charge in [0.15, 0.2) is 0 Å². The van der Waals surface area contributed by atoms with Gasteiger partial charge in [0.2, 0.25) is 0 Å². The Hall–Kier alpha value is -1.49. The molecular weight excluding hydrogens is 206 g/mol. The lowest BCUT2D eigenvalue weighted by Crippen LogP contribution is -2.22. The molecule has 2 aromatic rings. The molecule has 0 fully saturated rings. The fourth-order valence-electron chi connectivity index (χ4n) is 1.69. The highest BCUT2D eigenvalue weighted by atomic mass is 16.4. The summed E-state index contributed by atoms with van der Waals surface area (Å²) in [5.74, 6) is 0. The summed E-state index contributed by atoms with van der Waals surface area (Å²) in [6.45, 7) is -0.474. The lowest BCUT2D eigenvalue weighted by atomic mass is 10.00. The van der Waals surface area contributed by atoms with E-state index in [-0.39, 0.29) is 0 Å². The number of nitrogens with zero attached hydrogens (tertiary/aromatic N) is 1. The maximum atomic E-state index is 9.85. The van der Waals surface area contributed by atoms with Crippen LogP contribution in [0.5, 0.6) is 0 Å². The highest BCUT2D eigenvalue weighted by Crippen LogP contribution is 2.24. The molecule has 2 rings (SSSR count). The zero-order chi connectivity index (χ0) is 11.5. The standard InChI is InChI=1S/C12H13NO3/c14-7-11(15)12(16)9-3-1-5-10-8(9)4-2-6-13-10/h1-6,11-12,14-16H,7H2. The molecule has 1 heterocycles. The van der Waals surface area contributed by atoms with Gasteiger partial charge in [-0.15, -0.1) is 0 Å². The molecule has 3 N–H and O–H groups in total. The average molecular weight is 219 g/mol. The summed E-state index contributed by atoms with van der Waals surface area (Å²) in [7, 11) is 0. The van der Waals surface area contributed by atoms with Gasteiger partial charge in [-0.2, -0.15) is 0 Å². The highest BCUT2D eigenvalue weighted by Gasteiger charge is 2.19. The van der Waals surface area contributed by atoms with Crippen LogP contribution in [-0.2, 0) is 0 Å². The maximum absolute atomic E-state index is 9.85. The number of pyridine rings is 1. The minimum atomic E-state index is -1.18. The monoisotopic (exact) mass is 219 g/mol. The number of aliphatic hydroxyl groups is 3. The zero-order valence-corrected chi connectivity index (χ0v) is 8.61. The SMILES string of the molecule is OCC(O)C(O)c1cccc2ncccc12. The molecule has 84 valence electrons. The summed E-state index contributed by atoms with van der Waals surface area (Å²) in [6.07, 6.45) is -0.607. The molecule has 2 unspecified atom stereocenters. The Kier molecular flexibility index (Phi) is 3.14. The minimum Gasteiger partial charge on any atom is -0.394 e. The molecule has 0 saturated carbocycles. The summed E-state index contributed by atoms with van der Waals surface area (Å²) < 4.78 is 0. The third kappa shape index (κ3) is 1.90. The van der Waals surface area contributed by atoms with Crippen molar-refractivity contribution in [2.75, 3.05) is 6.61 Å². The number of aliphatic hydroxyl groups excluding tert-OH is 3.